The highest BCUT2D eigenvalue weighted by molar-refractivity contribution is 5.41. The highest BCUT2D eigenvalue weighted by Crippen LogP contribution is 2.28. The van der Waals surface area contributed by atoms with Gasteiger partial charge in [-0.3, -0.25) is 0 Å². The average molecular weight is 256 g/mol. The van der Waals surface area contributed by atoms with E-state index in [1.807, 2.05) is 43.3 Å². The van der Waals surface area contributed by atoms with Crippen LogP contribution in [0.1, 0.15) is 36.1 Å². The SMILES string of the molecule is CCC(O)c1ccc(Oc2cccc(C)c2C)cc1. The highest BCUT2D eigenvalue weighted by atomic mass is 16.5. The standard InChI is InChI=1S/C17H20O2/c1-4-16(18)14-8-10-15(11-9-14)19-17-7-5-6-12(2)13(17)3/h5-11,16,18H,4H2,1-3H3. The van der Waals surface area contributed by atoms with Gasteiger partial charge in [-0.25, -0.2) is 0 Å². The molecule has 2 aromatic carbocycles. The summed E-state index contributed by atoms with van der Waals surface area (Å²) in [4.78, 5) is 0. The molecule has 1 N–H and O–H groups in total. The van der Waals surface area contributed by atoms with Crippen LogP contribution in [0, 0.1) is 13.8 Å². The smallest absolute Gasteiger partial charge is 0.130 e. The van der Waals surface area contributed by atoms with Gasteiger partial charge in [0.05, 0.1) is 6.10 Å². The van der Waals surface area contributed by atoms with Crippen molar-refractivity contribution in [3.05, 3.63) is 59.2 Å². The third-order valence-corrected chi connectivity index (χ3v) is 3.43. The molecule has 0 heterocycles. The van der Waals surface area contributed by atoms with Gasteiger partial charge >= 0.3 is 0 Å². The van der Waals surface area contributed by atoms with Gasteiger partial charge in [0.25, 0.3) is 0 Å². The molecule has 2 nitrogen and oxygen atoms in total. The zero-order valence-electron chi connectivity index (χ0n) is 11.7. The molecule has 19 heavy (non-hydrogen) atoms. The molecule has 0 bridgehead atoms. The molecule has 100 valence electrons. The van der Waals surface area contributed by atoms with Gasteiger partial charge in [-0.2, -0.15) is 0 Å². The summed E-state index contributed by atoms with van der Waals surface area (Å²) in [6, 6.07) is 13.7. The first-order chi connectivity index (χ1) is 9.11. The summed E-state index contributed by atoms with van der Waals surface area (Å²) >= 11 is 0. The third kappa shape index (κ3) is 3.15. The van der Waals surface area contributed by atoms with Gasteiger partial charge in [-0.05, 0) is 55.2 Å². The Labute approximate surface area is 114 Å². The van der Waals surface area contributed by atoms with Crippen LogP contribution in [-0.4, -0.2) is 5.11 Å². The minimum Gasteiger partial charge on any atom is -0.457 e. The molecule has 0 fully saturated rings. The van der Waals surface area contributed by atoms with Crippen LogP contribution in [0.5, 0.6) is 11.5 Å². The lowest BCUT2D eigenvalue weighted by Gasteiger charge is -2.12. The molecule has 0 saturated heterocycles. The first kappa shape index (κ1) is 13.6. The second kappa shape index (κ2) is 5.89. The Morgan fingerprint density at radius 2 is 1.74 bits per heavy atom. The van der Waals surface area contributed by atoms with Crippen molar-refractivity contribution in [2.24, 2.45) is 0 Å². The Bertz CT molecular complexity index is 544. The van der Waals surface area contributed by atoms with E-state index in [0.29, 0.717) is 0 Å². The third-order valence-electron chi connectivity index (χ3n) is 3.43. The van der Waals surface area contributed by atoms with Crippen LogP contribution in [-0.2, 0) is 0 Å². The van der Waals surface area contributed by atoms with Crippen molar-refractivity contribution in [1.29, 1.82) is 0 Å². The van der Waals surface area contributed by atoms with Crippen molar-refractivity contribution in [3.8, 4) is 11.5 Å². The zero-order chi connectivity index (χ0) is 13.8. The first-order valence-corrected chi connectivity index (χ1v) is 6.64. The van der Waals surface area contributed by atoms with Crippen LogP contribution in [0.2, 0.25) is 0 Å². The van der Waals surface area contributed by atoms with Crippen molar-refractivity contribution in [1.82, 2.24) is 0 Å². The first-order valence-electron chi connectivity index (χ1n) is 6.64. The molecule has 2 rings (SSSR count). The molecule has 0 amide bonds. The summed E-state index contributed by atoms with van der Waals surface area (Å²) < 4.78 is 5.88. The summed E-state index contributed by atoms with van der Waals surface area (Å²) in [5.41, 5.74) is 3.30. The molecule has 0 spiro atoms. The molecule has 0 radical (unpaired) electrons. The molecule has 0 aromatic heterocycles. The lowest BCUT2D eigenvalue weighted by atomic mass is 10.1. The van der Waals surface area contributed by atoms with E-state index in [4.69, 9.17) is 4.74 Å². The zero-order valence-corrected chi connectivity index (χ0v) is 11.7. The van der Waals surface area contributed by atoms with Crippen molar-refractivity contribution in [2.75, 3.05) is 0 Å². The van der Waals surface area contributed by atoms with Gasteiger partial charge in [0.2, 0.25) is 0 Å². The van der Waals surface area contributed by atoms with E-state index in [2.05, 4.69) is 19.9 Å². The predicted octanol–water partition coefficient (Wildman–Crippen LogP) is 4.54. The number of aliphatic hydroxyl groups is 1. The van der Waals surface area contributed by atoms with E-state index in [0.717, 1.165) is 29.0 Å². The average Bonchev–Trinajstić information content (AvgIpc) is 2.44. The van der Waals surface area contributed by atoms with Gasteiger partial charge in [0, 0.05) is 0 Å². The summed E-state index contributed by atoms with van der Waals surface area (Å²) in [6.07, 6.45) is 0.326. The lowest BCUT2D eigenvalue weighted by Crippen LogP contribution is -1.95. The summed E-state index contributed by atoms with van der Waals surface area (Å²) in [6.45, 7) is 6.09. The van der Waals surface area contributed by atoms with Crippen molar-refractivity contribution in [2.45, 2.75) is 33.3 Å². The fourth-order valence-electron chi connectivity index (χ4n) is 1.96. The molecule has 2 aromatic rings. The van der Waals surface area contributed by atoms with Crippen LogP contribution in [0.4, 0.5) is 0 Å². The van der Waals surface area contributed by atoms with Crippen LogP contribution < -0.4 is 4.74 Å². The molecule has 0 saturated carbocycles. The molecular weight excluding hydrogens is 236 g/mol. The number of hydrogen-bond donors (Lipinski definition) is 1. The maximum absolute atomic E-state index is 9.75. The van der Waals surface area contributed by atoms with E-state index in [1.165, 1.54) is 5.56 Å². The maximum atomic E-state index is 9.75. The summed E-state index contributed by atoms with van der Waals surface area (Å²) in [5, 5.41) is 9.75. The number of hydrogen-bond acceptors (Lipinski definition) is 2. The fourth-order valence-corrected chi connectivity index (χ4v) is 1.96. The van der Waals surface area contributed by atoms with Crippen molar-refractivity contribution >= 4 is 0 Å². The molecule has 0 aliphatic heterocycles. The monoisotopic (exact) mass is 256 g/mol. The summed E-state index contributed by atoms with van der Waals surface area (Å²) in [5.74, 6) is 1.67. The second-order valence-corrected chi connectivity index (χ2v) is 4.79. The maximum Gasteiger partial charge on any atom is 0.130 e. The Morgan fingerprint density at radius 3 is 2.37 bits per heavy atom. The fraction of sp³-hybridized carbons (Fsp3) is 0.294. The van der Waals surface area contributed by atoms with Gasteiger partial charge < -0.3 is 9.84 Å². The second-order valence-electron chi connectivity index (χ2n) is 4.79. The Kier molecular flexibility index (Phi) is 4.23. The highest BCUT2D eigenvalue weighted by Gasteiger charge is 2.06. The van der Waals surface area contributed by atoms with Gasteiger partial charge in [0.1, 0.15) is 11.5 Å². The Hall–Kier alpha value is -1.80. The molecule has 1 atom stereocenters. The molecule has 2 heteroatoms. The van der Waals surface area contributed by atoms with Gasteiger partial charge in [0.15, 0.2) is 0 Å². The number of aliphatic hydroxyl groups excluding tert-OH is 1. The van der Waals surface area contributed by atoms with Crippen LogP contribution in [0.3, 0.4) is 0 Å². The topological polar surface area (TPSA) is 29.5 Å². The number of ether oxygens (including phenoxy) is 1. The molecule has 0 aliphatic rings. The molecular formula is C17H20O2. The van der Waals surface area contributed by atoms with E-state index in [1.54, 1.807) is 0 Å². The molecule has 0 aliphatic carbocycles. The summed E-state index contributed by atoms with van der Waals surface area (Å²) in [7, 11) is 0. The van der Waals surface area contributed by atoms with E-state index in [9.17, 15) is 5.11 Å². The minimum atomic E-state index is -0.394. The van der Waals surface area contributed by atoms with E-state index >= 15 is 0 Å². The number of rotatable bonds is 4. The largest absolute Gasteiger partial charge is 0.457 e. The van der Waals surface area contributed by atoms with E-state index < -0.39 is 6.10 Å². The predicted molar refractivity (Wildman–Crippen MR) is 77.7 cm³/mol. The van der Waals surface area contributed by atoms with Crippen LogP contribution in [0.15, 0.2) is 42.5 Å². The Balaban J connectivity index is 2.18. The lowest BCUT2D eigenvalue weighted by molar-refractivity contribution is 0.173. The Morgan fingerprint density at radius 1 is 1.05 bits per heavy atom. The number of aryl methyl sites for hydroxylation is 1. The quantitative estimate of drug-likeness (QED) is 0.870. The van der Waals surface area contributed by atoms with Crippen molar-refractivity contribution < 1.29 is 9.84 Å². The van der Waals surface area contributed by atoms with Crippen LogP contribution >= 0.6 is 0 Å². The number of benzene rings is 2. The normalized spacial score (nSPS) is 12.2. The van der Waals surface area contributed by atoms with E-state index in [-0.39, 0.29) is 0 Å². The molecule has 1 unspecified atom stereocenters. The van der Waals surface area contributed by atoms with Gasteiger partial charge in [-0.1, -0.05) is 31.2 Å². The van der Waals surface area contributed by atoms with Gasteiger partial charge in [-0.15, -0.1) is 0 Å². The minimum absolute atomic E-state index is 0.394. The van der Waals surface area contributed by atoms with Crippen molar-refractivity contribution in [3.63, 3.8) is 0 Å². The van der Waals surface area contributed by atoms with Crippen LogP contribution in [0.25, 0.3) is 0 Å².